The first-order valence-corrected chi connectivity index (χ1v) is 7.48. The summed E-state index contributed by atoms with van der Waals surface area (Å²) in [7, 11) is 0. The molecule has 0 unspecified atom stereocenters. The summed E-state index contributed by atoms with van der Waals surface area (Å²) in [4.78, 5) is 2.94. The number of hydrogen-bond donors (Lipinski definition) is 2. The Kier molecular flexibility index (Phi) is 4.40. The average molecular weight is 312 g/mol. The van der Waals surface area contributed by atoms with Crippen LogP contribution in [0.2, 0.25) is 0 Å². The Hall–Kier alpha value is -1.53. The number of ether oxygens (including phenoxy) is 1. The second kappa shape index (κ2) is 6.30. The number of hydrogen-bond acceptors (Lipinski definition) is 2. The van der Waals surface area contributed by atoms with Crippen LogP contribution in [-0.2, 0) is 17.7 Å². The molecule has 0 aliphatic carbocycles. The van der Waals surface area contributed by atoms with Crippen LogP contribution in [0.15, 0.2) is 24.4 Å². The summed E-state index contributed by atoms with van der Waals surface area (Å²) < 4.78 is 42.9. The van der Waals surface area contributed by atoms with Gasteiger partial charge in [0.2, 0.25) is 0 Å². The summed E-state index contributed by atoms with van der Waals surface area (Å²) in [6.07, 6.45) is -1.63. The van der Waals surface area contributed by atoms with Gasteiger partial charge in [0, 0.05) is 42.9 Å². The average Bonchev–Trinajstić information content (AvgIpc) is 2.87. The van der Waals surface area contributed by atoms with Crippen molar-refractivity contribution in [1.29, 1.82) is 0 Å². The smallest absolute Gasteiger partial charge is 0.381 e. The van der Waals surface area contributed by atoms with Crippen LogP contribution in [0.25, 0.3) is 10.9 Å². The topological polar surface area (TPSA) is 37.0 Å². The van der Waals surface area contributed by atoms with Gasteiger partial charge in [-0.2, -0.15) is 13.2 Å². The van der Waals surface area contributed by atoms with Gasteiger partial charge in [0.05, 0.1) is 6.42 Å². The van der Waals surface area contributed by atoms with Crippen molar-refractivity contribution in [3.8, 4) is 0 Å². The van der Waals surface area contributed by atoms with Gasteiger partial charge in [0.25, 0.3) is 0 Å². The van der Waals surface area contributed by atoms with Crippen molar-refractivity contribution in [2.75, 3.05) is 13.2 Å². The van der Waals surface area contributed by atoms with Crippen molar-refractivity contribution >= 4 is 10.9 Å². The number of alkyl halides is 3. The summed E-state index contributed by atoms with van der Waals surface area (Å²) in [5, 5.41) is 4.12. The van der Waals surface area contributed by atoms with Crippen LogP contribution in [0.5, 0.6) is 0 Å². The van der Waals surface area contributed by atoms with Gasteiger partial charge < -0.3 is 15.0 Å². The first-order valence-electron chi connectivity index (χ1n) is 7.48. The molecule has 3 nitrogen and oxygen atoms in total. The second-order valence-electron chi connectivity index (χ2n) is 5.75. The lowest BCUT2D eigenvalue weighted by atomic mass is 10.1. The molecular formula is C16H19F3N2O. The summed E-state index contributed by atoms with van der Waals surface area (Å²) in [6.45, 7) is 2.29. The van der Waals surface area contributed by atoms with Gasteiger partial charge >= 0.3 is 6.18 Å². The van der Waals surface area contributed by atoms with Crippen LogP contribution >= 0.6 is 0 Å². The van der Waals surface area contributed by atoms with Crippen molar-refractivity contribution in [2.24, 2.45) is 0 Å². The van der Waals surface area contributed by atoms with Crippen LogP contribution in [0.1, 0.15) is 24.0 Å². The van der Waals surface area contributed by atoms with Gasteiger partial charge in [-0.15, -0.1) is 0 Å². The molecule has 1 aromatic heterocycles. The highest BCUT2D eigenvalue weighted by Gasteiger charge is 2.28. The molecule has 1 fully saturated rings. The Labute approximate surface area is 126 Å². The molecule has 0 radical (unpaired) electrons. The van der Waals surface area contributed by atoms with Gasteiger partial charge in [-0.1, -0.05) is 12.1 Å². The molecule has 6 heteroatoms. The molecule has 0 saturated carbocycles. The number of nitrogens with one attached hydrogen (secondary N) is 2. The lowest BCUT2D eigenvalue weighted by Crippen LogP contribution is -2.34. The van der Waals surface area contributed by atoms with E-state index in [1.807, 2.05) is 12.1 Å². The molecule has 0 spiro atoms. The van der Waals surface area contributed by atoms with E-state index in [0.717, 1.165) is 37.1 Å². The fraction of sp³-hybridized carbons (Fsp3) is 0.500. The van der Waals surface area contributed by atoms with Gasteiger partial charge in [0.15, 0.2) is 0 Å². The molecule has 1 aromatic carbocycles. The number of rotatable bonds is 4. The zero-order valence-electron chi connectivity index (χ0n) is 12.2. The molecule has 2 aromatic rings. The largest absolute Gasteiger partial charge is 0.393 e. The summed E-state index contributed by atoms with van der Waals surface area (Å²) >= 11 is 0. The minimum Gasteiger partial charge on any atom is -0.381 e. The van der Waals surface area contributed by atoms with Crippen molar-refractivity contribution < 1.29 is 17.9 Å². The molecule has 2 N–H and O–H groups in total. The molecule has 0 amide bonds. The monoisotopic (exact) mass is 312 g/mol. The van der Waals surface area contributed by atoms with E-state index in [9.17, 15) is 13.2 Å². The molecule has 120 valence electrons. The third-order valence-electron chi connectivity index (χ3n) is 4.04. The minimum absolute atomic E-state index is 0.298. The first kappa shape index (κ1) is 15.4. The van der Waals surface area contributed by atoms with Gasteiger partial charge in [-0.05, 0) is 30.0 Å². The molecule has 2 heterocycles. The van der Waals surface area contributed by atoms with Crippen LogP contribution in [-0.4, -0.2) is 30.4 Å². The van der Waals surface area contributed by atoms with E-state index in [-0.39, 0.29) is 0 Å². The molecule has 1 aliphatic heterocycles. The van der Waals surface area contributed by atoms with Crippen molar-refractivity contribution in [3.63, 3.8) is 0 Å². The highest BCUT2D eigenvalue weighted by atomic mass is 19.4. The zero-order valence-corrected chi connectivity index (χ0v) is 12.2. The quantitative estimate of drug-likeness (QED) is 0.906. The number of aromatic amines is 1. The van der Waals surface area contributed by atoms with Crippen molar-refractivity contribution in [2.45, 2.75) is 38.0 Å². The maximum atomic E-state index is 12.5. The van der Waals surface area contributed by atoms with Crippen LogP contribution in [0, 0.1) is 0 Å². The SMILES string of the molecule is FC(F)(F)Cc1c[nH]c2cc(CNC3CCOCC3)ccc12. The van der Waals surface area contributed by atoms with Crippen LogP contribution in [0.3, 0.4) is 0 Å². The Bertz CT molecular complexity index is 630. The van der Waals surface area contributed by atoms with Crippen LogP contribution < -0.4 is 5.32 Å². The summed E-state index contributed by atoms with van der Waals surface area (Å²) in [5.74, 6) is 0. The van der Waals surface area contributed by atoms with E-state index in [4.69, 9.17) is 4.74 Å². The van der Waals surface area contributed by atoms with Gasteiger partial charge in [-0.3, -0.25) is 0 Å². The second-order valence-corrected chi connectivity index (χ2v) is 5.75. The molecule has 1 aliphatic rings. The summed E-state index contributed by atoms with van der Waals surface area (Å²) in [5.41, 5.74) is 2.12. The first-order chi connectivity index (χ1) is 10.5. The fourth-order valence-corrected chi connectivity index (χ4v) is 2.87. The molecule has 0 atom stereocenters. The van der Waals surface area contributed by atoms with E-state index in [0.29, 0.717) is 23.5 Å². The Balaban J connectivity index is 1.68. The number of aromatic nitrogens is 1. The lowest BCUT2D eigenvalue weighted by Gasteiger charge is -2.23. The standard InChI is InChI=1S/C16H19F3N2O/c17-16(18,19)8-12-10-21-15-7-11(1-2-14(12)15)9-20-13-3-5-22-6-4-13/h1-2,7,10,13,20-21H,3-6,8-9H2. The van der Waals surface area contributed by atoms with E-state index < -0.39 is 12.6 Å². The van der Waals surface area contributed by atoms with E-state index >= 15 is 0 Å². The lowest BCUT2D eigenvalue weighted by molar-refractivity contribution is -0.127. The molecule has 3 rings (SSSR count). The van der Waals surface area contributed by atoms with Crippen LogP contribution in [0.4, 0.5) is 13.2 Å². The predicted molar refractivity (Wildman–Crippen MR) is 78.7 cm³/mol. The molecule has 1 saturated heterocycles. The normalized spacial score (nSPS) is 17.2. The van der Waals surface area contributed by atoms with Gasteiger partial charge in [-0.25, -0.2) is 0 Å². The highest BCUT2D eigenvalue weighted by molar-refractivity contribution is 5.83. The maximum absolute atomic E-state index is 12.5. The Morgan fingerprint density at radius 1 is 1.23 bits per heavy atom. The van der Waals surface area contributed by atoms with Crippen molar-refractivity contribution in [3.05, 3.63) is 35.5 Å². The maximum Gasteiger partial charge on any atom is 0.393 e. The highest BCUT2D eigenvalue weighted by Crippen LogP contribution is 2.27. The van der Waals surface area contributed by atoms with E-state index in [2.05, 4.69) is 10.3 Å². The van der Waals surface area contributed by atoms with Gasteiger partial charge in [0.1, 0.15) is 0 Å². The third-order valence-corrected chi connectivity index (χ3v) is 4.04. The molecule has 22 heavy (non-hydrogen) atoms. The number of H-pyrrole nitrogens is 1. The van der Waals surface area contributed by atoms with E-state index in [1.165, 1.54) is 6.20 Å². The van der Waals surface area contributed by atoms with Crippen molar-refractivity contribution in [1.82, 2.24) is 10.3 Å². The minimum atomic E-state index is -4.18. The zero-order chi connectivity index (χ0) is 15.6. The number of benzene rings is 1. The fourth-order valence-electron chi connectivity index (χ4n) is 2.87. The Morgan fingerprint density at radius 3 is 2.73 bits per heavy atom. The number of halogens is 3. The van der Waals surface area contributed by atoms with E-state index in [1.54, 1.807) is 6.07 Å². The number of fused-ring (bicyclic) bond motifs is 1. The Morgan fingerprint density at radius 2 is 2.00 bits per heavy atom. The molecule has 0 bridgehead atoms. The predicted octanol–water partition coefficient (Wildman–Crippen LogP) is 3.54. The third kappa shape index (κ3) is 3.81. The molecular weight excluding hydrogens is 293 g/mol. The summed E-state index contributed by atoms with van der Waals surface area (Å²) in [6, 6.07) is 6.03.